The fourth-order valence-electron chi connectivity index (χ4n) is 3.55. The van der Waals surface area contributed by atoms with Gasteiger partial charge in [0.05, 0.1) is 18.0 Å². The predicted molar refractivity (Wildman–Crippen MR) is 92.1 cm³/mol. The lowest BCUT2D eigenvalue weighted by atomic mass is 9.89. The third-order valence-corrected chi connectivity index (χ3v) is 5.05. The molecule has 2 atom stereocenters. The van der Waals surface area contributed by atoms with Crippen LogP contribution in [0.4, 0.5) is 16.2 Å². The molecule has 1 amide bonds. The number of nitrogens with one attached hydrogen (secondary N) is 1. The van der Waals surface area contributed by atoms with Gasteiger partial charge in [-0.15, -0.1) is 0 Å². The molecule has 0 saturated carbocycles. The number of carboxylic acid groups (broad SMARTS) is 1. The van der Waals surface area contributed by atoms with Crippen LogP contribution in [-0.2, 0) is 0 Å². The summed E-state index contributed by atoms with van der Waals surface area (Å²) < 4.78 is 0.0379. The summed E-state index contributed by atoms with van der Waals surface area (Å²) in [5.74, 6) is 0.161. The molecule has 1 aromatic carbocycles. The Kier molecular flexibility index (Phi) is 5.13. The SMILES string of the molecule is CC(C)(C)[N+]1(C(=O)O)CCC[C@H](CNc2ccccc2[N+](=O)[O-])C1. The highest BCUT2D eigenvalue weighted by Gasteiger charge is 2.50. The molecule has 24 heavy (non-hydrogen) atoms. The fraction of sp³-hybridized carbons (Fsp3) is 0.588. The molecule has 1 saturated heterocycles. The molecule has 0 radical (unpaired) electrons. The molecule has 7 nitrogen and oxygen atoms in total. The number of hydrogen-bond acceptors (Lipinski definition) is 4. The van der Waals surface area contributed by atoms with Crippen LogP contribution in [0.1, 0.15) is 33.6 Å². The van der Waals surface area contributed by atoms with Gasteiger partial charge in [-0.05, 0) is 39.7 Å². The lowest BCUT2D eigenvalue weighted by Gasteiger charge is -2.48. The van der Waals surface area contributed by atoms with E-state index in [1.165, 1.54) is 6.07 Å². The molecule has 0 spiro atoms. The number of para-hydroxylation sites is 2. The van der Waals surface area contributed by atoms with Crippen molar-refractivity contribution in [2.45, 2.75) is 39.2 Å². The second kappa shape index (κ2) is 6.76. The van der Waals surface area contributed by atoms with Crippen molar-refractivity contribution in [2.75, 3.05) is 25.0 Å². The number of nitrogens with zero attached hydrogens (tertiary/aromatic N) is 2. The first-order valence-corrected chi connectivity index (χ1v) is 8.25. The van der Waals surface area contributed by atoms with E-state index >= 15 is 0 Å². The van der Waals surface area contributed by atoms with Gasteiger partial charge in [0.2, 0.25) is 0 Å². The van der Waals surface area contributed by atoms with Gasteiger partial charge in [0.15, 0.2) is 0 Å². The third kappa shape index (κ3) is 3.51. The molecule has 0 aliphatic carbocycles. The molecule has 2 rings (SSSR count). The second-order valence-electron chi connectivity index (χ2n) is 7.49. The number of hydrogen-bond donors (Lipinski definition) is 2. The topological polar surface area (TPSA) is 92.5 Å². The molecule has 0 aromatic heterocycles. The van der Waals surface area contributed by atoms with Crippen molar-refractivity contribution in [1.82, 2.24) is 0 Å². The minimum Gasteiger partial charge on any atom is -0.435 e. The molecule has 1 aliphatic rings. The maximum absolute atomic E-state index is 11.9. The van der Waals surface area contributed by atoms with E-state index in [1.807, 2.05) is 20.8 Å². The molecule has 1 aromatic rings. The van der Waals surface area contributed by atoms with E-state index in [1.54, 1.807) is 18.2 Å². The van der Waals surface area contributed by atoms with E-state index in [-0.39, 0.29) is 21.6 Å². The summed E-state index contributed by atoms with van der Waals surface area (Å²) in [5.41, 5.74) is 0.142. The van der Waals surface area contributed by atoms with E-state index in [2.05, 4.69) is 5.32 Å². The van der Waals surface area contributed by atoms with Gasteiger partial charge in [-0.2, -0.15) is 4.79 Å². The van der Waals surface area contributed by atoms with Crippen LogP contribution in [0.2, 0.25) is 0 Å². The summed E-state index contributed by atoms with van der Waals surface area (Å²) >= 11 is 0. The normalized spacial score (nSPS) is 24.4. The van der Waals surface area contributed by atoms with Crippen LogP contribution in [0.5, 0.6) is 0 Å². The average molecular weight is 336 g/mol. The summed E-state index contributed by atoms with van der Waals surface area (Å²) in [7, 11) is 0. The molecule has 1 heterocycles. The smallest absolute Gasteiger partial charge is 0.435 e. The number of nitro groups is 1. The monoisotopic (exact) mass is 336 g/mol. The standard InChI is InChI=1S/C17H25N3O4/c1-17(2,3)20(16(21)22)10-6-7-13(12-20)11-18-14-8-4-5-9-15(14)19(23)24/h4-5,8-9,13,18H,6-7,10-12H2,1-3H3/p+1/t13-,20?/m1/s1. The summed E-state index contributed by atoms with van der Waals surface area (Å²) in [4.78, 5) is 22.6. The number of nitro benzene ring substituents is 1. The van der Waals surface area contributed by atoms with Gasteiger partial charge in [0.25, 0.3) is 5.69 Å². The van der Waals surface area contributed by atoms with Crippen molar-refractivity contribution >= 4 is 17.5 Å². The summed E-state index contributed by atoms with van der Waals surface area (Å²) in [5, 5.41) is 24.0. The molecular weight excluding hydrogens is 310 g/mol. The van der Waals surface area contributed by atoms with Crippen molar-refractivity contribution in [3.05, 3.63) is 34.4 Å². The summed E-state index contributed by atoms with van der Waals surface area (Å²) in [6.07, 6.45) is 0.974. The van der Waals surface area contributed by atoms with Crippen LogP contribution in [0.15, 0.2) is 24.3 Å². The van der Waals surface area contributed by atoms with Crippen molar-refractivity contribution in [3.63, 3.8) is 0 Å². The first-order chi connectivity index (χ1) is 11.2. The Balaban J connectivity index is 2.12. The third-order valence-electron chi connectivity index (χ3n) is 5.05. The lowest BCUT2D eigenvalue weighted by molar-refractivity contribution is -0.911. The van der Waals surface area contributed by atoms with Crippen molar-refractivity contribution in [1.29, 1.82) is 0 Å². The Hall–Kier alpha value is -2.15. The minimum absolute atomic E-state index is 0.0379. The van der Waals surface area contributed by atoms with Gasteiger partial charge in [-0.3, -0.25) is 10.1 Å². The van der Waals surface area contributed by atoms with E-state index in [9.17, 15) is 20.0 Å². The first-order valence-electron chi connectivity index (χ1n) is 8.25. The lowest BCUT2D eigenvalue weighted by Crippen LogP contribution is -2.67. The molecule has 2 N–H and O–H groups in total. The molecule has 132 valence electrons. The molecule has 1 fully saturated rings. The van der Waals surface area contributed by atoms with Crippen molar-refractivity contribution in [2.24, 2.45) is 5.92 Å². The number of piperidine rings is 1. The number of anilines is 1. The number of carbonyl (C=O) groups is 1. The molecule has 0 bridgehead atoms. The number of likely N-dealkylation sites (tertiary alicyclic amines) is 1. The fourth-order valence-corrected chi connectivity index (χ4v) is 3.55. The quantitative estimate of drug-likeness (QED) is 0.497. The second-order valence-corrected chi connectivity index (χ2v) is 7.49. The minimum atomic E-state index is -0.794. The van der Waals surface area contributed by atoms with Crippen molar-refractivity contribution in [3.8, 4) is 0 Å². The summed E-state index contributed by atoms with van der Waals surface area (Å²) in [6.45, 7) is 7.57. The van der Waals surface area contributed by atoms with Gasteiger partial charge in [0.1, 0.15) is 11.2 Å². The van der Waals surface area contributed by atoms with E-state index < -0.39 is 11.0 Å². The van der Waals surface area contributed by atoms with Crippen molar-refractivity contribution < 1.29 is 19.3 Å². The maximum Gasteiger partial charge on any atom is 0.513 e. The maximum atomic E-state index is 11.9. The molecular formula is C17H26N3O4+. The number of rotatable bonds is 4. The Morgan fingerprint density at radius 2 is 2.08 bits per heavy atom. The number of amides is 1. The highest BCUT2D eigenvalue weighted by Crippen LogP contribution is 2.34. The first kappa shape index (κ1) is 18.2. The van der Waals surface area contributed by atoms with Crippen LogP contribution in [0.3, 0.4) is 0 Å². The Morgan fingerprint density at radius 1 is 1.42 bits per heavy atom. The van der Waals surface area contributed by atoms with E-state index in [0.29, 0.717) is 25.3 Å². The Labute approximate surface area is 142 Å². The number of benzene rings is 1. The Morgan fingerprint density at radius 3 is 2.67 bits per heavy atom. The molecule has 1 unspecified atom stereocenters. The molecule has 1 aliphatic heterocycles. The zero-order valence-electron chi connectivity index (χ0n) is 14.5. The Bertz CT molecular complexity index is 627. The van der Waals surface area contributed by atoms with Crippen LogP contribution in [-0.4, -0.2) is 45.8 Å². The van der Waals surface area contributed by atoms with Crippen LogP contribution in [0.25, 0.3) is 0 Å². The highest BCUT2D eigenvalue weighted by molar-refractivity contribution is 5.61. The predicted octanol–water partition coefficient (Wildman–Crippen LogP) is 3.71. The van der Waals surface area contributed by atoms with Gasteiger partial charge in [-0.25, -0.2) is 4.48 Å². The average Bonchev–Trinajstić information content (AvgIpc) is 2.52. The zero-order valence-corrected chi connectivity index (χ0v) is 14.5. The van der Waals surface area contributed by atoms with Crippen LogP contribution < -0.4 is 5.32 Å². The van der Waals surface area contributed by atoms with Gasteiger partial charge in [0, 0.05) is 18.5 Å². The van der Waals surface area contributed by atoms with E-state index in [4.69, 9.17) is 0 Å². The number of quaternary nitrogens is 1. The van der Waals surface area contributed by atoms with Gasteiger partial charge in [-0.1, -0.05) is 12.1 Å². The highest BCUT2D eigenvalue weighted by atomic mass is 16.6. The van der Waals surface area contributed by atoms with E-state index in [0.717, 1.165) is 12.8 Å². The largest absolute Gasteiger partial charge is 0.513 e. The molecule has 7 heteroatoms. The van der Waals surface area contributed by atoms with Crippen LogP contribution >= 0.6 is 0 Å². The van der Waals surface area contributed by atoms with Gasteiger partial charge >= 0.3 is 6.09 Å². The zero-order chi connectivity index (χ0) is 18.0. The van der Waals surface area contributed by atoms with Crippen LogP contribution in [0, 0.1) is 16.0 Å². The summed E-state index contributed by atoms with van der Waals surface area (Å²) in [6, 6.07) is 6.54. The van der Waals surface area contributed by atoms with Gasteiger partial charge < -0.3 is 10.4 Å².